The molecular weight excluding hydrogens is 396 g/mol. The van der Waals surface area contributed by atoms with Crippen molar-refractivity contribution < 1.29 is 17.2 Å². The molecule has 2 heterocycles. The quantitative estimate of drug-likeness (QED) is 0.669. The van der Waals surface area contributed by atoms with Crippen molar-refractivity contribution in [1.29, 1.82) is 0 Å². The highest BCUT2D eigenvalue weighted by atomic mass is 32.2. The maximum absolute atomic E-state index is 14.3. The van der Waals surface area contributed by atoms with E-state index in [2.05, 4.69) is 10.6 Å². The molecule has 0 aliphatic carbocycles. The van der Waals surface area contributed by atoms with Crippen LogP contribution in [0.4, 0.5) is 14.5 Å². The van der Waals surface area contributed by atoms with Crippen LogP contribution >= 0.6 is 0 Å². The van der Waals surface area contributed by atoms with Crippen molar-refractivity contribution >= 4 is 21.1 Å². The topological polar surface area (TPSA) is 84.2 Å². The smallest absolute Gasteiger partial charge is 0.175 e. The lowest BCUT2D eigenvalue weighted by Crippen LogP contribution is -2.36. The summed E-state index contributed by atoms with van der Waals surface area (Å²) in [4.78, 5) is 0.223. The van der Waals surface area contributed by atoms with Crippen molar-refractivity contribution in [3.63, 3.8) is 0 Å². The van der Waals surface area contributed by atoms with E-state index in [0.29, 0.717) is 0 Å². The highest BCUT2D eigenvalue weighted by Crippen LogP contribution is 2.32. The standard InChI is InChI=1S/C21H19F2N3O2S/c1-29(27,28)15-4-2-3-12(7-15)13-8-16-14(11-26-21(16)25-10-13)9-17-18(22)5-6-19(24)20(17)23/h2-8,10-11,21,25-26H,9,24H2,1H3. The molecule has 0 amide bonds. The molecule has 5 nitrogen and oxygen atoms in total. The van der Waals surface area contributed by atoms with Gasteiger partial charge in [-0.15, -0.1) is 0 Å². The largest absolute Gasteiger partial charge is 0.396 e. The van der Waals surface area contributed by atoms with Crippen LogP contribution in [0.5, 0.6) is 0 Å². The minimum Gasteiger partial charge on any atom is -0.396 e. The van der Waals surface area contributed by atoms with Gasteiger partial charge >= 0.3 is 0 Å². The lowest BCUT2D eigenvalue weighted by atomic mass is 9.93. The molecule has 1 unspecified atom stereocenters. The van der Waals surface area contributed by atoms with Gasteiger partial charge in [-0.25, -0.2) is 17.2 Å². The zero-order valence-electron chi connectivity index (χ0n) is 15.5. The van der Waals surface area contributed by atoms with E-state index in [-0.39, 0.29) is 28.7 Å². The minimum atomic E-state index is -3.33. The Labute approximate surface area is 167 Å². The van der Waals surface area contributed by atoms with E-state index < -0.39 is 21.5 Å². The fourth-order valence-corrected chi connectivity index (χ4v) is 4.10. The Bertz CT molecular complexity index is 1200. The number of nitrogens with two attached hydrogens (primary N) is 1. The number of fused-ring (bicyclic) bond motifs is 1. The van der Waals surface area contributed by atoms with E-state index >= 15 is 0 Å². The molecule has 29 heavy (non-hydrogen) atoms. The first kappa shape index (κ1) is 19.2. The molecule has 8 heteroatoms. The summed E-state index contributed by atoms with van der Waals surface area (Å²) in [5.41, 5.74) is 8.43. The molecule has 0 aromatic heterocycles. The zero-order chi connectivity index (χ0) is 20.8. The number of benzene rings is 2. The molecule has 0 saturated heterocycles. The molecular formula is C21H19F2N3O2S. The SMILES string of the molecule is CS(=O)(=O)c1cccc(C2=CNC3NC=C(Cc4c(F)ccc(N)c4F)C3=C2)c1. The maximum atomic E-state index is 14.3. The minimum absolute atomic E-state index is 0.0381. The van der Waals surface area contributed by atoms with E-state index in [1.54, 1.807) is 30.6 Å². The van der Waals surface area contributed by atoms with Crippen molar-refractivity contribution in [1.82, 2.24) is 10.6 Å². The van der Waals surface area contributed by atoms with Gasteiger partial charge in [-0.1, -0.05) is 12.1 Å². The summed E-state index contributed by atoms with van der Waals surface area (Å²) in [5.74, 6) is -1.41. The summed E-state index contributed by atoms with van der Waals surface area (Å²) in [6.45, 7) is 0. The van der Waals surface area contributed by atoms with Gasteiger partial charge in [0.25, 0.3) is 0 Å². The molecule has 2 aliphatic rings. The highest BCUT2D eigenvalue weighted by Gasteiger charge is 2.27. The van der Waals surface area contributed by atoms with E-state index in [1.807, 2.05) is 12.1 Å². The monoisotopic (exact) mass is 415 g/mol. The van der Waals surface area contributed by atoms with Crippen molar-refractivity contribution in [3.05, 3.63) is 88.8 Å². The van der Waals surface area contributed by atoms with Gasteiger partial charge in [0.05, 0.1) is 10.6 Å². The molecule has 1 atom stereocenters. The number of halogens is 2. The molecule has 4 N–H and O–H groups in total. The van der Waals surface area contributed by atoms with Crippen LogP contribution in [0.1, 0.15) is 11.1 Å². The summed E-state index contributed by atoms with van der Waals surface area (Å²) in [6.07, 6.45) is 6.35. The molecule has 0 bridgehead atoms. The second-order valence-electron chi connectivity index (χ2n) is 7.04. The molecule has 2 aliphatic heterocycles. The predicted octanol–water partition coefficient (Wildman–Crippen LogP) is 2.88. The van der Waals surface area contributed by atoms with Crippen LogP contribution in [0, 0.1) is 11.6 Å². The fraction of sp³-hybridized carbons (Fsp3) is 0.143. The fourth-order valence-electron chi connectivity index (χ4n) is 3.43. The van der Waals surface area contributed by atoms with Gasteiger partial charge in [0.15, 0.2) is 15.7 Å². The number of anilines is 1. The van der Waals surface area contributed by atoms with E-state index in [9.17, 15) is 17.2 Å². The number of sulfone groups is 1. The van der Waals surface area contributed by atoms with Gasteiger partial charge < -0.3 is 16.4 Å². The van der Waals surface area contributed by atoms with Crippen LogP contribution in [0.3, 0.4) is 0 Å². The summed E-state index contributed by atoms with van der Waals surface area (Å²) >= 11 is 0. The average Bonchev–Trinajstić information content (AvgIpc) is 3.10. The number of allylic oxidation sites excluding steroid dienone is 2. The van der Waals surface area contributed by atoms with Crippen LogP contribution in [-0.4, -0.2) is 20.8 Å². The normalized spacial score (nSPS) is 18.2. The van der Waals surface area contributed by atoms with Gasteiger partial charge in [-0.05, 0) is 52.6 Å². The van der Waals surface area contributed by atoms with Crippen molar-refractivity contribution in [2.24, 2.45) is 0 Å². The van der Waals surface area contributed by atoms with Crippen molar-refractivity contribution in [2.45, 2.75) is 17.5 Å². The number of nitrogens with one attached hydrogen (secondary N) is 2. The molecule has 4 rings (SSSR count). The number of dihydropyridines is 1. The van der Waals surface area contributed by atoms with Crippen LogP contribution < -0.4 is 16.4 Å². The summed E-state index contributed by atoms with van der Waals surface area (Å²) in [6, 6.07) is 8.99. The number of nitrogen functional groups attached to an aromatic ring is 1. The molecule has 2 aromatic carbocycles. The van der Waals surface area contributed by atoms with Crippen molar-refractivity contribution in [2.75, 3.05) is 12.0 Å². The van der Waals surface area contributed by atoms with Crippen LogP contribution in [0.2, 0.25) is 0 Å². The third-order valence-electron chi connectivity index (χ3n) is 5.00. The Hall–Kier alpha value is -3.13. The zero-order valence-corrected chi connectivity index (χ0v) is 16.4. The maximum Gasteiger partial charge on any atom is 0.175 e. The van der Waals surface area contributed by atoms with Crippen LogP contribution in [0.15, 0.2) is 70.9 Å². The van der Waals surface area contributed by atoms with E-state index in [1.165, 1.54) is 6.07 Å². The molecule has 0 spiro atoms. The third-order valence-corrected chi connectivity index (χ3v) is 6.11. The van der Waals surface area contributed by atoms with E-state index in [4.69, 9.17) is 5.73 Å². The first-order valence-electron chi connectivity index (χ1n) is 8.90. The van der Waals surface area contributed by atoms with Gasteiger partial charge in [-0.3, -0.25) is 0 Å². The number of hydrogen-bond donors (Lipinski definition) is 3. The van der Waals surface area contributed by atoms with Crippen LogP contribution in [-0.2, 0) is 16.3 Å². The Balaban J connectivity index is 1.67. The van der Waals surface area contributed by atoms with Gasteiger partial charge in [0.1, 0.15) is 12.0 Å². The second kappa shape index (κ2) is 7.04. The number of hydrogen-bond acceptors (Lipinski definition) is 5. The predicted molar refractivity (Wildman–Crippen MR) is 108 cm³/mol. The molecule has 0 fully saturated rings. The first-order valence-corrected chi connectivity index (χ1v) is 10.8. The Morgan fingerprint density at radius 1 is 1.10 bits per heavy atom. The summed E-state index contributed by atoms with van der Waals surface area (Å²) in [7, 11) is -3.33. The van der Waals surface area contributed by atoms with Gasteiger partial charge in [0.2, 0.25) is 0 Å². The number of rotatable bonds is 4. The summed E-state index contributed by atoms with van der Waals surface area (Å²) < 4.78 is 52.2. The Kier molecular flexibility index (Phi) is 4.66. The average molecular weight is 415 g/mol. The molecule has 0 radical (unpaired) electrons. The van der Waals surface area contributed by atoms with Crippen molar-refractivity contribution in [3.8, 4) is 0 Å². The Morgan fingerprint density at radius 2 is 1.86 bits per heavy atom. The Morgan fingerprint density at radius 3 is 2.62 bits per heavy atom. The summed E-state index contributed by atoms with van der Waals surface area (Å²) in [5, 5.41) is 6.32. The lowest BCUT2D eigenvalue weighted by molar-refractivity contribution is 0.563. The molecule has 0 saturated carbocycles. The van der Waals surface area contributed by atoms with Crippen LogP contribution in [0.25, 0.3) is 5.57 Å². The van der Waals surface area contributed by atoms with Gasteiger partial charge in [0, 0.05) is 30.6 Å². The highest BCUT2D eigenvalue weighted by molar-refractivity contribution is 7.90. The lowest BCUT2D eigenvalue weighted by Gasteiger charge is -2.22. The third kappa shape index (κ3) is 3.63. The molecule has 2 aromatic rings. The second-order valence-corrected chi connectivity index (χ2v) is 9.06. The van der Waals surface area contributed by atoms with E-state index in [0.717, 1.165) is 34.6 Å². The van der Waals surface area contributed by atoms with Gasteiger partial charge in [-0.2, -0.15) is 0 Å². The first-order chi connectivity index (χ1) is 13.7. The molecule has 150 valence electrons.